The van der Waals surface area contributed by atoms with Crippen LogP contribution in [0.15, 0.2) is 0 Å². The molecule has 2 unspecified atom stereocenters. The van der Waals surface area contributed by atoms with Crippen molar-refractivity contribution >= 4 is 29.5 Å². The smallest absolute Gasteiger partial charge is 0.0442 e. The van der Waals surface area contributed by atoms with Crippen molar-refractivity contribution in [2.24, 2.45) is 11.8 Å². The van der Waals surface area contributed by atoms with Gasteiger partial charge in [0.2, 0.25) is 0 Å². The Hall–Kier alpha value is -0.0900. The standard InChI is InChI=1S/C8H8S3/c1-3-7-5-11(9,10)6-8(7)4-2/h1-2,7-8H,5-6H2. The average molecular weight is 200 g/mol. The van der Waals surface area contributed by atoms with E-state index in [0.717, 1.165) is 11.5 Å². The lowest BCUT2D eigenvalue weighted by Crippen LogP contribution is -2.06. The van der Waals surface area contributed by atoms with Crippen LogP contribution in [0, 0.1) is 36.5 Å². The van der Waals surface area contributed by atoms with Gasteiger partial charge in [-0.2, -0.15) is 0 Å². The van der Waals surface area contributed by atoms with Gasteiger partial charge >= 0.3 is 0 Å². The summed E-state index contributed by atoms with van der Waals surface area (Å²) in [6.07, 6.45) is 10.6. The Morgan fingerprint density at radius 3 is 1.73 bits per heavy atom. The van der Waals surface area contributed by atoms with E-state index < -0.39 is 7.15 Å². The maximum Gasteiger partial charge on any atom is 0.0442 e. The van der Waals surface area contributed by atoms with Gasteiger partial charge in [-0.15, -0.1) is 24.7 Å². The molecule has 1 fully saturated rings. The number of rotatable bonds is 0. The fraction of sp³-hybridized carbons (Fsp3) is 0.500. The lowest BCUT2D eigenvalue weighted by Gasteiger charge is -2.02. The lowest BCUT2D eigenvalue weighted by atomic mass is 9.98. The Balaban J connectivity index is 2.91. The molecule has 0 bridgehead atoms. The Morgan fingerprint density at radius 1 is 1.09 bits per heavy atom. The lowest BCUT2D eigenvalue weighted by molar-refractivity contribution is 0.642. The van der Waals surface area contributed by atoms with Crippen molar-refractivity contribution in [2.75, 3.05) is 11.5 Å². The zero-order valence-corrected chi connectivity index (χ0v) is 8.40. The molecular formula is C8H8S3. The molecule has 0 aromatic carbocycles. The molecule has 0 aromatic heterocycles. The van der Waals surface area contributed by atoms with E-state index in [-0.39, 0.29) is 11.8 Å². The molecule has 0 radical (unpaired) electrons. The zero-order valence-electron chi connectivity index (χ0n) is 5.95. The second-order valence-corrected chi connectivity index (χ2v) is 9.24. The first-order valence-corrected chi connectivity index (χ1v) is 7.04. The Kier molecular flexibility index (Phi) is 2.54. The Morgan fingerprint density at radius 2 is 1.45 bits per heavy atom. The van der Waals surface area contributed by atoms with E-state index in [0.29, 0.717) is 0 Å². The van der Waals surface area contributed by atoms with Crippen LogP contribution >= 0.6 is 0 Å². The molecule has 1 aliphatic rings. The van der Waals surface area contributed by atoms with E-state index >= 15 is 0 Å². The summed E-state index contributed by atoms with van der Waals surface area (Å²) in [6, 6.07) is 0. The van der Waals surface area contributed by atoms with Crippen LogP contribution in [0.3, 0.4) is 0 Å². The summed E-state index contributed by atoms with van der Waals surface area (Å²) in [7, 11) is -1.29. The maximum atomic E-state index is 5.30. The molecule has 0 aromatic rings. The fourth-order valence-corrected chi connectivity index (χ4v) is 4.82. The van der Waals surface area contributed by atoms with E-state index in [4.69, 9.17) is 35.2 Å². The molecule has 1 heterocycles. The van der Waals surface area contributed by atoms with E-state index in [2.05, 4.69) is 11.8 Å². The fourth-order valence-electron chi connectivity index (χ4n) is 1.18. The molecule has 0 amide bonds. The Labute approximate surface area is 77.6 Å². The average Bonchev–Trinajstić information content (AvgIpc) is 2.25. The van der Waals surface area contributed by atoms with Crippen molar-refractivity contribution in [1.29, 1.82) is 0 Å². The van der Waals surface area contributed by atoms with Gasteiger partial charge in [-0.1, -0.05) is 7.15 Å². The minimum Gasteiger partial charge on any atom is -0.120 e. The number of hydrogen-bond donors (Lipinski definition) is 0. The molecule has 2 atom stereocenters. The second kappa shape index (κ2) is 3.11. The molecule has 1 rings (SSSR count). The molecular weight excluding hydrogens is 192 g/mol. The van der Waals surface area contributed by atoms with Crippen LogP contribution < -0.4 is 0 Å². The summed E-state index contributed by atoms with van der Waals surface area (Å²) in [4.78, 5) is 0. The van der Waals surface area contributed by atoms with Crippen molar-refractivity contribution in [3.05, 3.63) is 0 Å². The summed E-state index contributed by atoms with van der Waals surface area (Å²) >= 11 is 10.4. The first kappa shape index (κ1) is 9.00. The van der Waals surface area contributed by atoms with Crippen molar-refractivity contribution in [1.82, 2.24) is 0 Å². The first-order chi connectivity index (χ1) is 5.09. The summed E-state index contributed by atoms with van der Waals surface area (Å²) < 4.78 is 0. The van der Waals surface area contributed by atoms with Gasteiger partial charge in [0.15, 0.2) is 0 Å². The highest BCUT2D eigenvalue weighted by molar-refractivity contribution is 8.56. The molecule has 11 heavy (non-hydrogen) atoms. The topological polar surface area (TPSA) is 0 Å². The quantitative estimate of drug-likeness (QED) is 0.525. The molecule has 0 N–H and O–H groups in total. The zero-order chi connectivity index (χ0) is 8.48. The highest BCUT2D eigenvalue weighted by atomic mass is 33.1. The van der Waals surface area contributed by atoms with E-state index in [1.54, 1.807) is 0 Å². The second-order valence-electron chi connectivity index (χ2n) is 2.62. The van der Waals surface area contributed by atoms with Gasteiger partial charge in [0.25, 0.3) is 0 Å². The monoisotopic (exact) mass is 200 g/mol. The van der Waals surface area contributed by atoms with E-state index in [9.17, 15) is 0 Å². The SMILES string of the molecule is C#CC1CS(=S)(=S)CC1C#C. The van der Waals surface area contributed by atoms with E-state index in [1.165, 1.54) is 0 Å². The van der Waals surface area contributed by atoms with Crippen LogP contribution in [-0.4, -0.2) is 11.5 Å². The van der Waals surface area contributed by atoms with Gasteiger partial charge in [-0.3, -0.25) is 0 Å². The summed E-state index contributed by atoms with van der Waals surface area (Å²) in [5, 5.41) is 0. The van der Waals surface area contributed by atoms with Crippen molar-refractivity contribution in [3.8, 4) is 24.7 Å². The summed E-state index contributed by atoms with van der Waals surface area (Å²) in [5.74, 6) is 7.21. The van der Waals surface area contributed by atoms with Gasteiger partial charge < -0.3 is 0 Å². The minimum atomic E-state index is -1.29. The predicted molar refractivity (Wildman–Crippen MR) is 56.5 cm³/mol. The van der Waals surface area contributed by atoms with Gasteiger partial charge in [0.1, 0.15) is 0 Å². The Bertz CT molecular complexity index is 295. The normalized spacial score (nSPS) is 34.0. The molecule has 0 spiro atoms. The molecule has 1 saturated heterocycles. The highest BCUT2D eigenvalue weighted by Gasteiger charge is 2.29. The molecule has 0 saturated carbocycles. The van der Waals surface area contributed by atoms with Gasteiger partial charge in [0, 0.05) is 23.3 Å². The molecule has 0 nitrogen and oxygen atoms in total. The van der Waals surface area contributed by atoms with Crippen LogP contribution in [0.1, 0.15) is 0 Å². The third kappa shape index (κ3) is 1.93. The first-order valence-electron chi connectivity index (χ1n) is 3.22. The largest absolute Gasteiger partial charge is 0.120 e. The molecule has 3 heteroatoms. The van der Waals surface area contributed by atoms with Crippen LogP contribution in [0.2, 0.25) is 0 Å². The van der Waals surface area contributed by atoms with Crippen LogP contribution in [0.5, 0.6) is 0 Å². The third-order valence-corrected chi connectivity index (χ3v) is 5.15. The van der Waals surface area contributed by atoms with E-state index in [1.807, 2.05) is 0 Å². The number of hydrogen-bond acceptors (Lipinski definition) is 2. The molecule has 1 aliphatic heterocycles. The number of terminal acetylenes is 2. The molecule has 0 aliphatic carbocycles. The summed E-state index contributed by atoms with van der Waals surface area (Å²) in [6.45, 7) is 0. The van der Waals surface area contributed by atoms with Crippen LogP contribution in [0.25, 0.3) is 0 Å². The maximum absolute atomic E-state index is 5.30. The van der Waals surface area contributed by atoms with Crippen LogP contribution in [0.4, 0.5) is 0 Å². The third-order valence-electron chi connectivity index (χ3n) is 1.78. The van der Waals surface area contributed by atoms with Gasteiger partial charge in [0.05, 0.1) is 0 Å². The van der Waals surface area contributed by atoms with Gasteiger partial charge in [-0.25, -0.2) is 0 Å². The van der Waals surface area contributed by atoms with Crippen molar-refractivity contribution in [3.63, 3.8) is 0 Å². The predicted octanol–water partition coefficient (Wildman–Crippen LogP) is 0.577. The van der Waals surface area contributed by atoms with Crippen LogP contribution in [-0.2, 0) is 29.5 Å². The minimum absolute atomic E-state index is 0.144. The van der Waals surface area contributed by atoms with Gasteiger partial charge in [-0.05, 0) is 22.4 Å². The summed E-state index contributed by atoms with van der Waals surface area (Å²) in [5.41, 5.74) is 0. The highest BCUT2D eigenvalue weighted by Crippen LogP contribution is 2.24. The van der Waals surface area contributed by atoms with Crippen molar-refractivity contribution in [2.45, 2.75) is 0 Å². The van der Waals surface area contributed by atoms with Crippen molar-refractivity contribution < 1.29 is 0 Å². The molecule has 58 valence electrons.